The van der Waals surface area contributed by atoms with E-state index in [-0.39, 0.29) is 0 Å². The van der Waals surface area contributed by atoms with Crippen molar-refractivity contribution in [2.24, 2.45) is 11.3 Å². The predicted molar refractivity (Wildman–Crippen MR) is 81.0 cm³/mol. The van der Waals surface area contributed by atoms with Gasteiger partial charge in [0.05, 0.1) is 0 Å². The third kappa shape index (κ3) is 5.27. The zero-order chi connectivity index (χ0) is 13.8. The molecule has 2 heteroatoms. The van der Waals surface area contributed by atoms with Crippen molar-refractivity contribution in [1.82, 2.24) is 10.2 Å². The van der Waals surface area contributed by atoms with Crippen LogP contribution in [-0.4, -0.2) is 36.6 Å². The Morgan fingerprint density at radius 1 is 1.11 bits per heavy atom. The van der Waals surface area contributed by atoms with Crippen molar-refractivity contribution in [3.05, 3.63) is 0 Å². The van der Waals surface area contributed by atoms with Crippen molar-refractivity contribution in [2.75, 3.05) is 19.6 Å². The molecule has 108 valence electrons. The van der Waals surface area contributed by atoms with Crippen molar-refractivity contribution in [2.45, 2.75) is 72.9 Å². The molecule has 1 unspecified atom stereocenters. The Kier molecular flexibility index (Phi) is 6.13. The molecule has 0 aliphatic carbocycles. The Bertz CT molecular complexity index is 222. The number of piperidine rings is 1. The van der Waals surface area contributed by atoms with Crippen molar-refractivity contribution < 1.29 is 0 Å². The van der Waals surface area contributed by atoms with Gasteiger partial charge >= 0.3 is 0 Å². The molecular weight excluding hydrogens is 220 g/mol. The van der Waals surface area contributed by atoms with Gasteiger partial charge in [0.25, 0.3) is 0 Å². The van der Waals surface area contributed by atoms with Gasteiger partial charge in [-0.25, -0.2) is 0 Å². The first-order valence-corrected chi connectivity index (χ1v) is 7.78. The molecule has 0 saturated carbocycles. The predicted octanol–water partition coefficient (Wildman–Crippen LogP) is 3.52. The van der Waals surface area contributed by atoms with E-state index in [1.54, 1.807) is 0 Å². The molecule has 1 saturated heterocycles. The van der Waals surface area contributed by atoms with E-state index in [2.05, 4.69) is 51.8 Å². The molecule has 0 aromatic rings. The van der Waals surface area contributed by atoms with E-state index in [0.29, 0.717) is 11.5 Å². The summed E-state index contributed by atoms with van der Waals surface area (Å²) in [4.78, 5) is 2.68. The smallest absolute Gasteiger partial charge is 0.00790 e. The molecule has 1 heterocycles. The molecule has 0 aromatic carbocycles. The first kappa shape index (κ1) is 16.0. The molecule has 1 N–H and O–H groups in total. The Hall–Kier alpha value is -0.0800. The van der Waals surface area contributed by atoms with Gasteiger partial charge in [0.1, 0.15) is 0 Å². The monoisotopic (exact) mass is 254 g/mol. The summed E-state index contributed by atoms with van der Waals surface area (Å²) >= 11 is 0. The highest BCUT2D eigenvalue weighted by Crippen LogP contribution is 2.34. The SMILES string of the molecule is CC(C)NCCC(C)N1CCC(C(C)(C)C)CC1. The lowest BCUT2D eigenvalue weighted by molar-refractivity contribution is 0.0849. The van der Waals surface area contributed by atoms with Crippen LogP contribution in [0.5, 0.6) is 0 Å². The van der Waals surface area contributed by atoms with Crippen LogP contribution in [0.1, 0.15) is 60.8 Å². The van der Waals surface area contributed by atoms with Crippen LogP contribution in [0.2, 0.25) is 0 Å². The quantitative estimate of drug-likeness (QED) is 0.807. The van der Waals surface area contributed by atoms with Crippen molar-refractivity contribution in [1.29, 1.82) is 0 Å². The molecule has 1 atom stereocenters. The highest BCUT2D eigenvalue weighted by atomic mass is 15.2. The standard InChI is InChI=1S/C16H34N2/c1-13(2)17-10-7-14(3)18-11-8-15(9-12-18)16(4,5)6/h13-15,17H,7-12H2,1-6H3. The summed E-state index contributed by atoms with van der Waals surface area (Å²) in [6, 6.07) is 1.35. The van der Waals surface area contributed by atoms with Crippen LogP contribution < -0.4 is 5.32 Å². The van der Waals surface area contributed by atoms with Crippen molar-refractivity contribution >= 4 is 0 Å². The van der Waals surface area contributed by atoms with E-state index in [4.69, 9.17) is 0 Å². The average Bonchev–Trinajstić information content (AvgIpc) is 2.27. The van der Waals surface area contributed by atoms with Crippen LogP contribution in [0.4, 0.5) is 0 Å². The molecule has 0 radical (unpaired) electrons. The summed E-state index contributed by atoms with van der Waals surface area (Å²) in [5, 5.41) is 3.52. The molecule has 1 aliphatic rings. The lowest BCUT2D eigenvalue weighted by Crippen LogP contribution is -2.43. The van der Waals surface area contributed by atoms with Crippen LogP contribution in [0.3, 0.4) is 0 Å². The third-order valence-electron chi connectivity index (χ3n) is 4.49. The molecule has 0 spiro atoms. The first-order valence-electron chi connectivity index (χ1n) is 7.78. The Balaban J connectivity index is 2.25. The molecule has 1 aliphatic heterocycles. The molecule has 1 rings (SSSR count). The summed E-state index contributed by atoms with van der Waals surface area (Å²) in [5.74, 6) is 0.912. The van der Waals surface area contributed by atoms with E-state index in [0.717, 1.165) is 18.5 Å². The van der Waals surface area contributed by atoms with Gasteiger partial charge in [-0.1, -0.05) is 34.6 Å². The second-order valence-corrected chi connectivity index (χ2v) is 7.42. The zero-order valence-electron chi connectivity index (χ0n) is 13.4. The van der Waals surface area contributed by atoms with Crippen LogP contribution in [-0.2, 0) is 0 Å². The number of hydrogen-bond donors (Lipinski definition) is 1. The molecule has 2 nitrogen and oxygen atoms in total. The number of rotatable bonds is 5. The summed E-state index contributed by atoms with van der Waals surface area (Å²) in [6.07, 6.45) is 4.04. The number of nitrogens with one attached hydrogen (secondary N) is 1. The number of nitrogens with zero attached hydrogens (tertiary/aromatic N) is 1. The summed E-state index contributed by atoms with van der Waals surface area (Å²) < 4.78 is 0. The van der Waals surface area contributed by atoms with Gasteiger partial charge in [0.2, 0.25) is 0 Å². The molecule has 18 heavy (non-hydrogen) atoms. The van der Waals surface area contributed by atoms with Gasteiger partial charge in [-0.3, -0.25) is 0 Å². The highest BCUT2D eigenvalue weighted by Gasteiger charge is 2.29. The first-order chi connectivity index (χ1) is 8.30. The fraction of sp³-hybridized carbons (Fsp3) is 1.00. The van der Waals surface area contributed by atoms with E-state index in [9.17, 15) is 0 Å². The third-order valence-corrected chi connectivity index (χ3v) is 4.49. The average molecular weight is 254 g/mol. The van der Waals surface area contributed by atoms with Gasteiger partial charge in [-0.2, -0.15) is 0 Å². The van der Waals surface area contributed by atoms with E-state index < -0.39 is 0 Å². The van der Waals surface area contributed by atoms with E-state index in [1.807, 2.05) is 0 Å². The maximum atomic E-state index is 3.52. The molecule has 1 fully saturated rings. The minimum absolute atomic E-state index is 0.495. The molecule has 0 aromatic heterocycles. The largest absolute Gasteiger partial charge is 0.314 e. The molecule has 0 amide bonds. The van der Waals surface area contributed by atoms with Crippen LogP contribution in [0, 0.1) is 11.3 Å². The molecular formula is C16H34N2. The van der Waals surface area contributed by atoms with Gasteiger partial charge < -0.3 is 10.2 Å². The van der Waals surface area contributed by atoms with E-state index >= 15 is 0 Å². The van der Waals surface area contributed by atoms with Crippen LogP contribution >= 0.6 is 0 Å². The van der Waals surface area contributed by atoms with Gasteiger partial charge in [0.15, 0.2) is 0 Å². The minimum atomic E-state index is 0.495. The van der Waals surface area contributed by atoms with Crippen molar-refractivity contribution in [3.8, 4) is 0 Å². The lowest BCUT2D eigenvalue weighted by atomic mass is 9.75. The number of likely N-dealkylation sites (tertiary alicyclic amines) is 1. The van der Waals surface area contributed by atoms with Crippen molar-refractivity contribution in [3.63, 3.8) is 0 Å². The lowest BCUT2D eigenvalue weighted by Gasteiger charge is -2.41. The second-order valence-electron chi connectivity index (χ2n) is 7.42. The Morgan fingerprint density at radius 2 is 1.67 bits per heavy atom. The zero-order valence-corrected chi connectivity index (χ0v) is 13.4. The fourth-order valence-corrected chi connectivity index (χ4v) is 2.97. The summed E-state index contributed by atoms with van der Waals surface area (Å²) in [7, 11) is 0. The Labute approximate surface area is 115 Å². The van der Waals surface area contributed by atoms with Crippen LogP contribution in [0.15, 0.2) is 0 Å². The fourth-order valence-electron chi connectivity index (χ4n) is 2.97. The highest BCUT2D eigenvalue weighted by molar-refractivity contribution is 4.82. The van der Waals surface area contributed by atoms with Crippen LogP contribution in [0.25, 0.3) is 0 Å². The summed E-state index contributed by atoms with van der Waals surface area (Å²) in [6.45, 7) is 17.8. The Morgan fingerprint density at radius 3 is 2.11 bits per heavy atom. The normalized spacial score (nSPS) is 21.5. The maximum Gasteiger partial charge on any atom is 0.00790 e. The topological polar surface area (TPSA) is 15.3 Å². The number of hydrogen-bond acceptors (Lipinski definition) is 2. The summed E-state index contributed by atoms with van der Waals surface area (Å²) in [5.41, 5.74) is 0.495. The minimum Gasteiger partial charge on any atom is -0.314 e. The molecule has 0 bridgehead atoms. The second kappa shape index (κ2) is 6.91. The van der Waals surface area contributed by atoms with E-state index in [1.165, 1.54) is 32.4 Å². The van der Waals surface area contributed by atoms with Gasteiger partial charge in [-0.15, -0.1) is 0 Å². The van der Waals surface area contributed by atoms with Gasteiger partial charge in [-0.05, 0) is 57.2 Å². The van der Waals surface area contributed by atoms with Gasteiger partial charge in [0, 0.05) is 12.1 Å². The maximum absolute atomic E-state index is 3.52.